The summed E-state index contributed by atoms with van der Waals surface area (Å²) in [4.78, 5) is 13.0. The van der Waals surface area contributed by atoms with E-state index in [1.54, 1.807) is 6.07 Å². The number of hydrogen-bond donors (Lipinski definition) is 1. The SMILES string of the molecule is C[C@@H]1Cc2cc(OC[C@@H](C)C(F)(F)F)ccc2C=C1CN1CC(C(=O)O)C1. The van der Waals surface area contributed by atoms with Crippen molar-refractivity contribution in [3.05, 3.63) is 34.9 Å². The van der Waals surface area contributed by atoms with Crippen LogP contribution in [0, 0.1) is 17.8 Å². The van der Waals surface area contributed by atoms with Crippen molar-refractivity contribution in [2.75, 3.05) is 26.2 Å². The fourth-order valence-electron chi connectivity index (χ4n) is 3.42. The highest BCUT2D eigenvalue weighted by Gasteiger charge is 2.36. The van der Waals surface area contributed by atoms with Gasteiger partial charge < -0.3 is 9.84 Å². The van der Waals surface area contributed by atoms with Crippen molar-refractivity contribution in [3.63, 3.8) is 0 Å². The third-order valence-electron chi connectivity index (χ3n) is 5.39. The second-order valence-corrected chi connectivity index (χ2v) is 7.67. The van der Waals surface area contributed by atoms with Gasteiger partial charge in [-0.2, -0.15) is 13.2 Å². The first-order valence-electron chi connectivity index (χ1n) is 9.11. The maximum atomic E-state index is 12.6. The highest BCUT2D eigenvalue weighted by atomic mass is 19.4. The van der Waals surface area contributed by atoms with E-state index in [-0.39, 0.29) is 5.92 Å². The van der Waals surface area contributed by atoms with Crippen molar-refractivity contribution in [1.82, 2.24) is 4.90 Å². The number of carboxylic acid groups (broad SMARTS) is 1. The number of halogens is 3. The lowest BCUT2D eigenvalue weighted by Crippen LogP contribution is -2.51. The molecule has 1 N–H and O–H groups in total. The molecule has 7 heteroatoms. The van der Waals surface area contributed by atoms with Gasteiger partial charge in [-0.1, -0.05) is 31.6 Å². The molecular formula is C20H24F3NO3. The second kappa shape index (κ2) is 7.54. The number of fused-ring (bicyclic) bond motifs is 1. The molecule has 0 saturated carbocycles. The Hall–Kier alpha value is -2.02. The fourth-order valence-corrected chi connectivity index (χ4v) is 3.42. The Kier molecular flexibility index (Phi) is 5.51. The van der Waals surface area contributed by atoms with Crippen molar-refractivity contribution < 1.29 is 27.8 Å². The largest absolute Gasteiger partial charge is 0.493 e. The molecule has 1 aliphatic carbocycles. The van der Waals surface area contributed by atoms with E-state index in [1.165, 1.54) is 5.57 Å². The molecule has 0 radical (unpaired) electrons. The van der Waals surface area contributed by atoms with Crippen LogP contribution in [0.1, 0.15) is 25.0 Å². The molecule has 1 aliphatic heterocycles. The van der Waals surface area contributed by atoms with Crippen molar-refractivity contribution in [3.8, 4) is 5.75 Å². The first kappa shape index (κ1) is 19.7. The van der Waals surface area contributed by atoms with Gasteiger partial charge in [0.1, 0.15) is 5.75 Å². The van der Waals surface area contributed by atoms with E-state index >= 15 is 0 Å². The highest BCUT2D eigenvalue weighted by Crippen LogP contribution is 2.33. The average molecular weight is 383 g/mol. The van der Waals surface area contributed by atoms with E-state index in [4.69, 9.17) is 9.84 Å². The lowest BCUT2D eigenvalue weighted by atomic mass is 9.83. The summed E-state index contributed by atoms with van der Waals surface area (Å²) in [6.07, 6.45) is -1.35. The van der Waals surface area contributed by atoms with E-state index in [0.717, 1.165) is 31.0 Å². The normalized spacial score (nSPS) is 21.8. The van der Waals surface area contributed by atoms with E-state index in [2.05, 4.69) is 17.9 Å². The van der Waals surface area contributed by atoms with Crippen LogP contribution in [-0.2, 0) is 11.2 Å². The van der Waals surface area contributed by atoms with E-state index in [1.807, 2.05) is 12.1 Å². The Morgan fingerprint density at radius 1 is 1.37 bits per heavy atom. The van der Waals surface area contributed by atoms with Gasteiger partial charge in [0.2, 0.25) is 0 Å². The fraction of sp³-hybridized carbons (Fsp3) is 0.550. The van der Waals surface area contributed by atoms with Gasteiger partial charge >= 0.3 is 12.1 Å². The van der Waals surface area contributed by atoms with Crippen LogP contribution in [0.3, 0.4) is 0 Å². The van der Waals surface area contributed by atoms with Gasteiger partial charge in [0.05, 0.1) is 18.4 Å². The summed E-state index contributed by atoms with van der Waals surface area (Å²) >= 11 is 0. The number of ether oxygens (including phenoxy) is 1. The molecule has 0 spiro atoms. The Morgan fingerprint density at radius 2 is 2.07 bits per heavy atom. The Labute approximate surface area is 156 Å². The van der Waals surface area contributed by atoms with Gasteiger partial charge in [-0.15, -0.1) is 0 Å². The van der Waals surface area contributed by atoms with Crippen molar-refractivity contribution >= 4 is 12.0 Å². The van der Waals surface area contributed by atoms with Crippen molar-refractivity contribution in [2.45, 2.75) is 26.4 Å². The lowest BCUT2D eigenvalue weighted by molar-refractivity contribution is -0.176. The summed E-state index contributed by atoms with van der Waals surface area (Å²) in [5.74, 6) is -1.76. The lowest BCUT2D eigenvalue weighted by Gasteiger charge is -2.38. The molecule has 1 saturated heterocycles. The highest BCUT2D eigenvalue weighted by molar-refractivity contribution is 5.71. The Bertz CT molecular complexity index is 738. The van der Waals surface area contributed by atoms with Crippen LogP contribution >= 0.6 is 0 Å². The van der Waals surface area contributed by atoms with E-state index in [0.29, 0.717) is 24.8 Å². The van der Waals surface area contributed by atoms with E-state index in [9.17, 15) is 18.0 Å². The number of rotatable bonds is 6. The van der Waals surface area contributed by atoms with Crippen LogP contribution in [0.15, 0.2) is 23.8 Å². The second-order valence-electron chi connectivity index (χ2n) is 7.67. The molecule has 3 rings (SSSR count). The summed E-state index contributed by atoms with van der Waals surface area (Å²) in [7, 11) is 0. The van der Waals surface area contributed by atoms with Gasteiger partial charge in [0, 0.05) is 19.6 Å². The number of carboxylic acids is 1. The summed E-state index contributed by atoms with van der Waals surface area (Å²) in [5.41, 5.74) is 3.37. The van der Waals surface area contributed by atoms with Crippen LogP contribution in [0.4, 0.5) is 13.2 Å². The molecule has 148 valence electrons. The maximum absolute atomic E-state index is 12.6. The summed E-state index contributed by atoms with van der Waals surface area (Å²) in [6, 6.07) is 5.41. The molecule has 2 aliphatic rings. The van der Waals surface area contributed by atoms with Gasteiger partial charge in [-0.25, -0.2) is 0 Å². The standard InChI is InChI=1S/C20H24F3NO3/c1-12-5-15-7-18(27-11-13(2)20(21,22)23)4-3-14(15)6-16(12)8-24-9-17(10-24)19(25)26/h3-4,6-7,12-13,17H,5,8-11H2,1-2H3,(H,25,26)/t12-,13-/m1/s1. The maximum Gasteiger partial charge on any atom is 0.394 e. The zero-order chi connectivity index (χ0) is 19.8. The van der Waals surface area contributed by atoms with Crippen LogP contribution in [-0.4, -0.2) is 48.4 Å². The van der Waals surface area contributed by atoms with E-state index < -0.39 is 24.7 Å². The van der Waals surface area contributed by atoms with Crippen LogP contribution in [0.25, 0.3) is 6.08 Å². The monoisotopic (exact) mass is 383 g/mol. The van der Waals surface area contributed by atoms with Gasteiger partial charge in [-0.3, -0.25) is 9.69 Å². The summed E-state index contributed by atoms with van der Waals surface area (Å²) in [6.45, 7) is 4.75. The number of carbonyl (C=O) groups is 1. The smallest absolute Gasteiger partial charge is 0.394 e. The van der Waals surface area contributed by atoms with Crippen LogP contribution in [0.5, 0.6) is 5.75 Å². The topological polar surface area (TPSA) is 49.8 Å². The molecule has 0 amide bonds. The third-order valence-corrected chi connectivity index (χ3v) is 5.39. The Morgan fingerprint density at radius 3 is 2.70 bits per heavy atom. The zero-order valence-electron chi connectivity index (χ0n) is 15.4. The molecule has 1 aromatic rings. The van der Waals surface area contributed by atoms with Crippen LogP contribution in [0.2, 0.25) is 0 Å². The first-order valence-corrected chi connectivity index (χ1v) is 9.11. The van der Waals surface area contributed by atoms with Crippen molar-refractivity contribution in [2.24, 2.45) is 17.8 Å². The quantitative estimate of drug-likeness (QED) is 0.811. The first-order chi connectivity index (χ1) is 12.6. The predicted molar refractivity (Wildman–Crippen MR) is 95.6 cm³/mol. The van der Waals surface area contributed by atoms with Gasteiger partial charge in [0.15, 0.2) is 0 Å². The molecule has 27 heavy (non-hydrogen) atoms. The van der Waals surface area contributed by atoms with Gasteiger partial charge in [-0.05, 0) is 35.6 Å². The molecule has 0 bridgehead atoms. The van der Waals surface area contributed by atoms with Gasteiger partial charge in [0.25, 0.3) is 0 Å². The molecule has 1 fully saturated rings. The average Bonchev–Trinajstić information content (AvgIpc) is 2.54. The number of benzene rings is 1. The molecule has 1 heterocycles. The van der Waals surface area contributed by atoms with Crippen LogP contribution < -0.4 is 4.74 Å². The molecule has 0 aromatic heterocycles. The molecule has 2 atom stereocenters. The minimum absolute atomic E-state index is 0.268. The van der Waals surface area contributed by atoms with Crippen molar-refractivity contribution in [1.29, 1.82) is 0 Å². The number of aliphatic carboxylic acids is 1. The summed E-state index contributed by atoms with van der Waals surface area (Å²) < 4.78 is 43.1. The number of nitrogens with zero attached hydrogens (tertiary/aromatic N) is 1. The summed E-state index contributed by atoms with van der Waals surface area (Å²) in [5, 5.41) is 8.97. The predicted octanol–water partition coefficient (Wildman–Crippen LogP) is 3.86. The number of likely N-dealkylation sites (tertiary alicyclic amines) is 1. The Balaban J connectivity index is 1.62. The third kappa shape index (κ3) is 4.64. The molecule has 4 nitrogen and oxygen atoms in total. The number of hydrogen-bond acceptors (Lipinski definition) is 3. The molecular weight excluding hydrogens is 359 g/mol. The minimum atomic E-state index is -4.25. The molecule has 1 aromatic carbocycles. The minimum Gasteiger partial charge on any atom is -0.493 e. The number of alkyl halides is 3. The zero-order valence-corrected chi connectivity index (χ0v) is 15.4. The molecule has 0 unspecified atom stereocenters.